The van der Waals surface area contributed by atoms with Crippen molar-refractivity contribution in [1.82, 2.24) is 15.0 Å². The first kappa shape index (κ1) is 54.1. The fourth-order valence-corrected chi connectivity index (χ4v) is 9.72. The van der Waals surface area contributed by atoms with Gasteiger partial charge in [0.25, 0.3) is 10.1 Å². The third-order valence-corrected chi connectivity index (χ3v) is 14.6. The minimum atomic E-state index is -5.03. The molecule has 1 aromatic heterocycles. The standard InChI is InChI=1S/C35H31FN10O19S6/c36-33-40-34(38-19-1-6-22(7-2-19)69(52,53)16-14-61-71(57,58)59)42-35(41-33)39-21-5-12-29(70(54,55)56)27(17-21)44-46-31-28(66-64-62-48)18-25-24(32(31)47)10-11-26(37)30(25)45-43-20-3-8-23(9-4-20)68(50,51)15-13-60-67-65-63-49/h1-12,17-18,47-49H,13-16,37H2,(H,54,55,56)(H,57,58,59)(H2,38,39,40,41,42). The van der Waals surface area contributed by atoms with Gasteiger partial charge in [-0.05, 0) is 84.9 Å². The summed E-state index contributed by atoms with van der Waals surface area (Å²) in [5, 5.41) is 57.3. The summed E-state index contributed by atoms with van der Waals surface area (Å²) in [6, 6.07) is 17.0. The molecule has 0 unspecified atom stereocenters. The molecule has 0 saturated carbocycles. The van der Waals surface area contributed by atoms with Crippen molar-refractivity contribution in [3.05, 3.63) is 91.0 Å². The van der Waals surface area contributed by atoms with Gasteiger partial charge < -0.3 is 21.5 Å². The van der Waals surface area contributed by atoms with E-state index < -0.39 is 98.3 Å². The number of nitrogens with one attached hydrogen (secondary N) is 2. The lowest BCUT2D eigenvalue weighted by Gasteiger charge is -2.12. The number of aromatic nitrogens is 3. The molecule has 0 saturated heterocycles. The average molecular weight is 1110 g/mol. The Balaban J connectivity index is 1.26. The van der Waals surface area contributed by atoms with Gasteiger partial charge in [-0.15, -0.1) is 24.0 Å². The zero-order valence-electron chi connectivity index (χ0n) is 34.9. The molecule has 0 spiro atoms. The normalized spacial score (nSPS) is 12.6. The smallest absolute Gasteiger partial charge is 0.397 e. The van der Waals surface area contributed by atoms with Crippen molar-refractivity contribution < 1.29 is 89.9 Å². The van der Waals surface area contributed by atoms with E-state index in [0.717, 1.165) is 30.3 Å². The number of fused-ring (bicyclic) bond motifs is 1. The summed E-state index contributed by atoms with van der Waals surface area (Å²) in [6.45, 7) is -1.17. The van der Waals surface area contributed by atoms with Gasteiger partial charge in [0.15, 0.2) is 37.7 Å². The predicted octanol–water partition coefficient (Wildman–Crippen LogP) is 6.81. The number of hydrogen-bond donors (Lipinski definition) is 8. The number of sulfone groups is 2. The first-order chi connectivity index (χ1) is 33.6. The van der Waals surface area contributed by atoms with E-state index in [0.29, 0.717) is 0 Å². The lowest BCUT2D eigenvalue weighted by molar-refractivity contribution is -0.434. The molecule has 378 valence electrons. The van der Waals surface area contributed by atoms with Crippen molar-refractivity contribution >= 4 is 127 Å². The number of aromatic hydroxyl groups is 1. The number of rotatable bonds is 24. The number of nitrogen functional groups attached to an aromatic ring is 1. The van der Waals surface area contributed by atoms with Gasteiger partial charge >= 0.3 is 16.5 Å². The van der Waals surface area contributed by atoms with Gasteiger partial charge in [-0.3, -0.25) is 13.3 Å². The van der Waals surface area contributed by atoms with Gasteiger partial charge in [0.05, 0.1) is 62.8 Å². The number of nitrogens with zero attached hydrogens (tertiary/aromatic N) is 7. The van der Waals surface area contributed by atoms with Gasteiger partial charge in [0, 0.05) is 22.1 Å². The summed E-state index contributed by atoms with van der Waals surface area (Å²) < 4.78 is 148. The third-order valence-electron chi connectivity index (χ3n) is 8.81. The number of halogens is 1. The lowest BCUT2D eigenvalue weighted by atomic mass is 10.1. The number of benzene rings is 5. The Bertz CT molecular complexity index is 3440. The van der Waals surface area contributed by atoms with E-state index in [1.165, 1.54) is 54.6 Å². The fraction of sp³-hybridized carbons (Fsp3) is 0.114. The predicted molar refractivity (Wildman–Crippen MR) is 244 cm³/mol. The molecule has 0 aliphatic carbocycles. The number of anilines is 5. The number of phenols is 1. The molecule has 9 N–H and O–H groups in total. The van der Waals surface area contributed by atoms with Crippen LogP contribution in [0.25, 0.3) is 10.8 Å². The Morgan fingerprint density at radius 2 is 1.25 bits per heavy atom. The zero-order valence-corrected chi connectivity index (χ0v) is 39.8. The number of nitrogens with two attached hydrogens (primary N) is 1. The molecule has 36 heteroatoms. The van der Waals surface area contributed by atoms with E-state index >= 15 is 0 Å². The van der Waals surface area contributed by atoms with E-state index in [1.54, 1.807) is 0 Å². The number of azo groups is 2. The first-order valence-corrected chi connectivity index (χ1v) is 26.3. The van der Waals surface area contributed by atoms with Crippen LogP contribution >= 0.6 is 24.4 Å². The van der Waals surface area contributed by atoms with Gasteiger partial charge in [-0.2, -0.15) is 41.3 Å². The topological polar surface area (TPSA) is 431 Å². The Hall–Kier alpha value is -6.20. The molecule has 0 aliphatic rings. The van der Waals surface area contributed by atoms with Crippen LogP contribution in [0, 0.1) is 6.08 Å². The second-order valence-electron chi connectivity index (χ2n) is 13.4. The Morgan fingerprint density at radius 3 is 1.87 bits per heavy atom. The highest BCUT2D eigenvalue weighted by molar-refractivity contribution is 7.94. The van der Waals surface area contributed by atoms with Crippen LogP contribution in [-0.2, 0) is 67.3 Å². The van der Waals surface area contributed by atoms with Crippen LogP contribution in [0.15, 0.2) is 125 Å². The summed E-state index contributed by atoms with van der Waals surface area (Å²) >= 11 is 0.501. The maximum atomic E-state index is 14.7. The molecule has 6 rings (SSSR count). The molecule has 0 atom stereocenters. The summed E-state index contributed by atoms with van der Waals surface area (Å²) in [5.74, 6) is -2.76. The summed E-state index contributed by atoms with van der Waals surface area (Å²) in [6.07, 6.45) is -1.32. The van der Waals surface area contributed by atoms with E-state index in [4.69, 9.17) is 25.0 Å². The lowest BCUT2D eigenvalue weighted by Crippen LogP contribution is -2.15. The van der Waals surface area contributed by atoms with Crippen LogP contribution in [0.5, 0.6) is 5.75 Å². The minimum absolute atomic E-state index is 0.0192. The molecule has 0 amide bonds. The maximum Gasteiger partial charge on any atom is 0.397 e. The van der Waals surface area contributed by atoms with Gasteiger partial charge in [-0.1, -0.05) is 10.1 Å². The van der Waals surface area contributed by atoms with Crippen LogP contribution in [0.1, 0.15) is 0 Å². The Kier molecular flexibility index (Phi) is 17.8. The number of phenolic OH excluding ortho intramolecular Hbond substituents is 1. The highest BCUT2D eigenvalue weighted by Gasteiger charge is 2.22. The molecule has 0 bridgehead atoms. The van der Waals surface area contributed by atoms with Gasteiger partial charge in [0.2, 0.25) is 11.9 Å². The summed E-state index contributed by atoms with van der Waals surface area (Å²) in [7, 11) is -17.8. The SMILES string of the molecule is Nc1ccc2c(O)c(N=Nc3cc(Nc4nc(F)nc(Nc5ccc(S(=O)(=O)CCOS(=O)(=O)O)cc5)n4)ccc3S(=O)(=O)O)c(SOOO)cc2c1N=Nc1ccc(S(=O)(=O)CCOSOOO)cc1. The summed E-state index contributed by atoms with van der Waals surface area (Å²) in [4.78, 5) is 9.83. The molecule has 0 aliphatic heterocycles. The van der Waals surface area contributed by atoms with E-state index in [-0.39, 0.29) is 84.9 Å². The molecule has 0 fully saturated rings. The van der Waals surface area contributed by atoms with Crippen molar-refractivity contribution in [3.63, 3.8) is 0 Å². The van der Waals surface area contributed by atoms with Gasteiger partial charge in [-0.25, -0.2) is 31.5 Å². The molecule has 5 aromatic carbocycles. The van der Waals surface area contributed by atoms with E-state index in [9.17, 15) is 47.7 Å². The van der Waals surface area contributed by atoms with Gasteiger partial charge in [0.1, 0.15) is 22.0 Å². The fourth-order valence-electron chi connectivity index (χ4n) is 5.73. The highest BCUT2D eigenvalue weighted by Crippen LogP contribution is 2.48. The van der Waals surface area contributed by atoms with Crippen LogP contribution in [0.2, 0.25) is 0 Å². The van der Waals surface area contributed by atoms with Crippen LogP contribution in [0.4, 0.5) is 56.1 Å². The van der Waals surface area contributed by atoms with Crippen molar-refractivity contribution in [2.45, 2.75) is 19.6 Å². The molecule has 1 heterocycles. The zero-order chi connectivity index (χ0) is 51.6. The van der Waals surface area contributed by atoms with Crippen LogP contribution in [-0.4, -0.2) is 98.1 Å². The van der Waals surface area contributed by atoms with E-state index in [2.05, 4.69) is 69.0 Å². The third kappa shape index (κ3) is 14.9. The highest BCUT2D eigenvalue weighted by atomic mass is 32.3. The quantitative estimate of drug-likeness (QED) is 0.00586. The van der Waals surface area contributed by atoms with Crippen molar-refractivity contribution in [2.75, 3.05) is 41.1 Å². The first-order valence-electron chi connectivity index (χ1n) is 18.7. The second kappa shape index (κ2) is 23.4. The Morgan fingerprint density at radius 1 is 0.662 bits per heavy atom. The maximum absolute atomic E-state index is 14.7. The monoisotopic (exact) mass is 1110 g/mol. The average Bonchev–Trinajstić information content (AvgIpc) is 3.29. The second-order valence-corrected chi connectivity index (χ2v) is 21.3. The summed E-state index contributed by atoms with van der Waals surface area (Å²) in [5.41, 5.74) is 5.49. The molecule has 0 radical (unpaired) electrons. The van der Waals surface area contributed by atoms with Crippen LogP contribution in [0.3, 0.4) is 0 Å². The van der Waals surface area contributed by atoms with Crippen LogP contribution < -0.4 is 16.4 Å². The Labute approximate surface area is 407 Å². The number of hydrogen-bond acceptors (Lipinski definition) is 29. The molecular weight excluding hydrogens is 1080 g/mol. The molecular formula is C35H31FN10O19S6. The van der Waals surface area contributed by atoms with Crippen molar-refractivity contribution in [2.24, 2.45) is 20.5 Å². The van der Waals surface area contributed by atoms with Crippen molar-refractivity contribution in [3.8, 4) is 5.75 Å². The molecule has 29 nitrogen and oxygen atoms in total. The van der Waals surface area contributed by atoms with Crippen molar-refractivity contribution in [1.29, 1.82) is 0 Å². The minimum Gasteiger partial charge on any atom is -0.505 e. The molecule has 71 heavy (non-hydrogen) atoms. The van der Waals surface area contributed by atoms with E-state index in [1.807, 2.05) is 0 Å². The molecule has 6 aromatic rings. The largest absolute Gasteiger partial charge is 0.505 e.